The minimum absolute atomic E-state index is 0.627. The van der Waals surface area contributed by atoms with Crippen molar-refractivity contribution in [2.24, 2.45) is 5.73 Å². The zero-order chi connectivity index (χ0) is 12.8. The number of nitrogens with two attached hydrogens (primary N) is 1. The fourth-order valence-electron chi connectivity index (χ4n) is 1.71. The van der Waals surface area contributed by atoms with Crippen LogP contribution in [0.2, 0.25) is 0 Å². The summed E-state index contributed by atoms with van der Waals surface area (Å²) in [5.41, 5.74) is 7.61. The van der Waals surface area contributed by atoms with Crippen molar-refractivity contribution < 1.29 is 0 Å². The van der Waals surface area contributed by atoms with Crippen LogP contribution < -0.4 is 5.73 Å². The number of nitrogens with zero attached hydrogens (tertiary/aromatic N) is 2. The molecule has 0 atom stereocenters. The molecule has 0 unspecified atom stereocenters. The minimum atomic E-state index is 0.627. The number of aromatic nitrogens is 2. The second-order valence-electron chi connectivity index (χ2n) is 4.06. The average Bonchev–Trinajstić information content (AvgIpc) is 2.37. The molecule has 0 aliphatic carbocycles. The lowest BCUT2D eigenvalue weighted by molar-refractivity contribution is 0.871. The van der Waals surface area contributed by atoms with E-state index >= 15 is 0 Å². The molecular weight excluding hydrogens is 242 g/mol. The second-order valence-corrected chi connectivity index (χ2v) is 5.11. The van der Waals surface area contributed by atoms with Crippen molar-refractivity contribution in [2.45, 2.75) is 24.0 Å². The molecular formula is C14H17N3S. The lowest BCUT2D eigenvalue weighted by Gasteiger charge is -2.05. The van der Waals surface area contributed by atoms with Gasteiger partial charge in [0.25, 0.3) is 0 Å². The summed E-state index contributed by atoms with van der Waals surface area (Å²) < 4.78 is 0. The van der Waals surface area contributed by atoms with E-state index in [0.29, 0.717) is 6.54 Å². The van der Waals surface area contributed by atoms with Gasteiger partial charge < -0.3 is 5.73 Å². The SMILES string of the molecule is Cc1cc(CCN)nc(CSc2ccccc2)n1. The smallest absolute Gasteiger partial charge is 0.139 e. The molecule has 3 nitrogen and oxygen atoms in total. The molecule has 0 radical (unpaired) electrons. The van der Waals surface area contributed by atoms with Gasteiger partial charge in [-0.05, 0) is 31.7 Å². The molecule has 94 valence electrons. The predicted octanol–water partition coefficient (Wildman–Crippen LogP) is 2.58. The highest BCUT2D eigenvalue weighted by molar-refractivity contribution is 7.98. The van der Waals surface area contributed by atoms with Crippen molar-refractivity contribution in [3.05, 3.63) is 53.6 Å². The molecule has 1 aromatic carbocycles. The summed E-state index contributed by atoms with van der Waals surface area (Å²) in [5.74, 6) is 1.68. The molecule has 4 heteroatoms. The van der Waals surface area contributed by atoms with Crippen LogP contribution in [0.4, 0.5) is 0 Å². The van der Waals surface area contributed by atoms with Gasteiger partial charge in [-0.25, -0.2) is 9.97 Å². The van der Waals surface area contributed by atoms with Crippen LogP contribution in [0.1, 0.15) is 17.2 Å². The maximum atomic E-state index is 5.56. The van der Waals surface area contributed by atoms with Crippen LogP contribution in [-0.2, 0) is 12.2 Å². The van der Waals surface area contributed by atoms with E-state index in [2.05, 4.69) is 22.1 Å². The molecule has 0 saturated carbocycles. The summed E-state index contributed by atoms with van der Waals surface area (Å²) in [7, 11) is 0. The van der Waals surface area contributed by atoms with Crippen molar-refractivity contribution in [1.82, 2.24) is 9.97 Å². The van der Waals surface area contributed by atoms with E-state index in [4.69, 9.17) is 5.73 Å². The lowest BCUT2D eigenvalue weighted by atomic mass is 10.2. The highest BCUT2D eigenvalue weighted by atomic mass is 32.2. The maximum Gasteiger partial charge on any atom is 0.139 e. The van der Waals surface area contributed by atoms with Crippen molar-refractivity contribution in [1.29, 1.82) is 0 Å². The van der Waals surface area contributed by atoms with E-state index in [0.717, 1.165) is 29.4 Å². The molecule has 2 N–H and O–H groups in total. The average molecular weight is 259 g/mol. The van der Waals surface area contributed by atoms with Gasteiger partial charge >= 0.3 is 0 Å². The Morgan fingerprint density at radius 3 is 2.67 bits per heavy atom. The largest absolute Gasteiger partial charge is 0.330 e. The first kappa shape index (κ1) is 13.1. The Balaban J connectivity index is 2.05. The summed E-state index contributed by atoms with van der Waals surface area (Å²) >= 11 is 1.75. The first-order valence-electron chi connectivity index (χ1n) is 5.99. The summed E-state index contributed by atoms with van der Waals surface area (Å²) in [4.78, 5) is 10.2. The van der Waals surface area contributed by atoms with E-state index < -0.39 is 0 Å². The molecule has 0 spiro atoms. The number of benzene rings is 1. The van der Waals surface area contributed by atoms with Crippen molar-refractivity contribution >= 4 is 11.8 Å². The van der Waals surface area contributed by atoms with Crippen molar-refractivity contribution in [3.63, 3.8) is 0 Å². The molecule has 2 rings (SSSR count). The van der Waals surface area contributed by atoms with Crippen LogP contribution in [0.25, 0.3) is 0 Å². The van der Waals surface area contributed by atoms with Gasteiger partial charge in [-0.3, -0.25) is 0 Å². The third kappa shape index (κ3) is 3.82. The fraction of sp³-hybridized carbons (Fsp3) is 0.286. The normalized spacial score (nSPS) is 10.6. The first-order chi connectivity index (χ1) is 8.78. The Hall–Kier alpha value is -1.39. The van der Waals surface area contributed by atoms with E-state index in [9.17, 15) is 0 Å². The highest BCUT2D eigenvalue weighted by Gasteiger charge is 2.03. The molecule has 0 fully saturated rings. The van der Waals surface area contributed by atoms with Gasteiger partial charge in [0.1, 0.15) is 5.82 Å². The Morgan fingerprint density at radius 1 is 1.17 bits per heavy atom. The standard InChI is InChI=1S/C14H17N3S/c1-11-9-12(7-8-15)17-14(16-11)10-18-13-5-3-2-4-6-13/h2-6,9H,7-8,10,15H2,1H3. The predicted molar refractivity (Wildman–Crippen MR) is 75.5 cm³/mol. The van der Waals surface area contributed by atoms with Crippen molar-refractivity contribution in [2.75, 3.05) is 6.54 Å². The zero-order valence-corrected chi connectivity index (χ0v) is 11.3. The fourth-order valence-corrected chi connectivity index (χ4v) is 2.48. The summed E-state index contributed by atoms with van der Waals surface area (Å²) in [6.07, 6.45) is 0.812. The van der Waals surface area contributed by atoms with Crippen LogP contribution >= 0.6 is 11.8 Å². The molecule has 0 saturated heterocycles. The topological polar surface area (TPSA) is 51.8 Å². The van der Waals surface area contributed by atoms with Gasteiger partial charge in [-0.2, -0.15) is 0 Å². The Morgan fingerprint density at radius 2 is 1.94 bits per heavy atom. The van der Waals surface area contributed by atoms with Crippen LogP contribution in [0.5, 0.6) is 0 Å². The van der Waals surface area contributed by atoms with Gasteiger partial charge in [0.05, 0.1) is 5.75 Å². The van der Waals surface area contributed by atoms with E-state index in [1.54, 1.807) is 11.8 Å². The molecule has 0 amide bonds. The third-order valence-electron chi connectivity index (χ3n) is 2.47. The van der Waals surface area contributed by atoms with E-state index in [-0.39, 0.29) is 0 Å². The third-order valence-corrected chi connectivity index (χ3v) is 3.47. The van der Waals surface area contributed by atoms with Crippen molar-refractivity contribution in [3.8, 4) is 0 Å². The monoisotopic (exact) mass is 259 g/mol. The molecule has 0 bridgehead atoms. The van der Waals surface area contributed by atoms with Crippen LogP contribution in [0.3, 0.4) is 0 Å². The highest BCUT2D eigenvalue weighted by Crippen LogP contribution is 2.20. The minimum Gasteiger partial charge on any atom is -0.330 e. The molecule has 1 heterocycles. The lowest BCUT2D eigenvalue weighted by Crippen LogP contribution is -2.07. The van der Waals surface area contributed by atoms with E-state index in [1.165, 1.54) is 4.90 Å². The Bertz CT molecular complexity index is 500. The van der Waals surface area contributed by atoms with Crippen LogP contribution in [-0.4, -0.2) is 16.5 Å². The number of hydrogen-bond donors (Lipinski definition) is 1. The molecule has 18 heavy (non-hydrogen) atoms. The number of thioether (sulfide) groups is 1. The van der Waals surface area contributed by atoms with E-state index in [1.807, 2.05) is 31.2 Å². The van der Waals surface area contributed by atoms with Gasteiger partial charge in [-0.1, -0.05) is 18.2 Å². The number of hydrogen-bond acceptors (Lipinski definition) is 4. The number of aryl methyl sites for hydroxylation is 1. The number of rotatable bonds is 5. The molecule has 2 aromatic rings. The first-order valence-corrected chi connectivity index (χ1v) is 6.98. The summed E-state index contributed by atoms with van der Waals surface area (Å²) in [6.45, 7) is 2.63. The Labute approximate surface area is 112 Å². The van der Waals surface area contributed by atoms with Gasteiger partial charge in [0.15, 0.2) is 0 Å². The summed E-state index contributed by atoms with van der Waals surface area (Å²) in [5, 5.41) is 0. The van der Waals surface area contributed by atoms with Crippen LogP contribution in [0, 0.1) is 6.92 Å². The molecule has 0 aliphatic heterocycles. The van der Waals surface area contributed by atoms with Gasteiger partial charge in [-0.15, -0.1) is 11.8 Å². The maximum absolute atomic E-state index is 5.56. The zero-order valence-electron chi connectivity index (χ0n) is 10.5. The summed E-state index contributed by atoms with van der Waals surface area (Å²) in [6, 6.07) is 12.3. The van der Waals surface area contributed by atoms with Crippen LogP contribution in [0.15, 0.2) is 41.3 Å². The molecule has 0 aliphatic rings. The Kier molecular flexibility index (Phi) is 4.73. The molecule has 1 aromatic heterocycles. The quantitative estimate of drug-likeness (QED) is 0.839. The van der Waals surface area contributed by atoms with Gasteiger partial charge in [0.2, 0.25) is 0 Å². The van der Waals surface area contributed by atoms with Gasteiger partial charge in [0, 0.05) is 22.7 Å². The second kappa shape index (κ2) is 6.52.